The number of nitrogens with zero attached hydrogens (tertiary/aromatic N) is 6. The summed E-state index contributed by atoms with van der Waals surface area (Å²) in [6, 6.07) is 22.1. The minimum atomic E-state index is -0.732. The Bertz CT molecular complexity index is 2320. The summed E-state index contributed by atoms with van der Waals surface area (Å²) < 4.78 is 6.22. The van der Waals surface area contributed by atoms with E-state index >= 15 is 0 Å². The Morgan fingerprint density at radius 2 is 1.79 bits per heavy atom. The number of nitrogens with one attached hydrogen (secondary N) is 2. The van der Waals surface area contributed by atoms with Crippen LogP contribution in [0, 0.1) is 31.1 Å². The largest absolute Gasteiger partial charge is 0.481 e. The fourth-order valence-corrected chi connectivity index (χ4v) is 6.80. The van der Waals surface area contributed by atoms with Crippen molar-refractivity contribution in [2.24, 2.45) is 5.92 Å². The molecule has 1 unspecified atom stereocenters. The number of pyridine rings is 1. The highest BCUT2D eigenvalue weighted by atomic mass is 16.4. The fourth-order valence-electron chi connectivity index (χ4n) is 6.80. The van der Waals surface area contributed by atoms with Crippen molar-refractivity contribution in [2.45, 2.75) is 52.8 Å². The van der Waals surface area contributed by atoms with E-state index in [4.69, 9.17) is 19.4 Å². The predicted octanol–water partition coefficient (Wildman–Crippen LogP) is 6.50. The molecule has 0 bridgehead atoms. The van der Waals surface area contributed by atoms with Crippen LogP contribution >= 0.6 is 0 Å². The zero-order valence-electron chi connectivity index (χ0n) is 29.3. The summed E-state index contributed by atoms with van der Waals surface area (Å²) >= 11 is 0. The number of likely N-dealkylation sites (tertiary alicyclic amines) is 1. The number of oxazole rings is 1. The third kappa shape index (κ3) is 7.48. The Balaban J connectivity index is 1.13. The average molecular weight is 697 g/mol. The molecule has 12 nitrogen and oxygen atoms in total. The average Bonchev–Trinajstić information content (AvgIpc) is 3.56. The lowest BCUT2D eigenvalue weighted by Gasteiger charge is -2.30. The molecule has 1 aliphatic heterocycles. The number of hydrogen-bond donors (Lipinski definition) is 4. The molecule has 6 aromatic rings. The van der Waals surface area contributed by atoms with Gasteiger partial charge in [0.15, 0.2) is 11.4 Å². The minimum Gasteiger partial charge on any atom is -0.481 e. The number of hydrogen-bond acceptors (Lipinski definition) is 11. The fraction of sp³-hybridized carbons (Fsp3) is 0.300. The highest BCUT2D eigenvalue weighted by Gasteiger charge is 2.25. The zero-order valence-corrected chi connectivity index (χ0v) is 29.3. The van der Waals surface area contributed by atoms with Crippen molar-refractivity contribution in [2.75, 3.05) is 25.0 Å². The molecule has 0 saturated carbocycles. The number of carbonyl (C=O) groups is 1. The summed E-state index contributed by atoms with van der Waals surface area (Å²) in [5.41, 5.74) is 9.46. The van der Waals surface area contributed by atoms with Crippen LogP contribution in [0.15, 0.2) is 71.3 Å². The number of aryl methyl sites for hydroxylation is 1. The van der Waals surface area contributed by atoms with Crippen molar-refractivity contribution in [1.29, 1.82) is 5.26 Å². The van der Waals surface area contributed by atoms with Crippen LogP contribution in [0.5, 0.6) is 0 Å². The van der Waals surface area contributed by atoms with E-state index in [1.807, 2.05) is 61.5 Å². The standard InChI is InChI=1S/C40H40N8O4/c1-23(49)19-42-20-27-16-34-36(43-21-27)38(45-25(3)44-34)46-33-9-5-8-32(24(33)2)29-6-4-7-30(17-29)39-47-35-15-26(14-31(18-41)37(35)52-39)22-48-12-10-28(11-13-48)40(50)51/h4-9,14-17,21,23,28,42,49H,10-13,19-20,22H2,1-3H3,(H,50,51)(H,44,45,46). The number of carboxylic acid groups (broad SMARTS) is 1. The van der Waals surface area contributed by atoms with Crippen molar-refractivity contribution >= 4 is 39.6 Å². The lowest BCUT2D eigenvalue weighted by Crippen LogP contribution is -2.35. The first-order valence-corrected chi connectivity index (χ1v) is 17.4. The normalized spacial score (nSPS) is 14.4. The van der Waals surface area contributed by atoms with Crippen LogP contribution in [0.3, 0.4) is 0 Å². The van der Waals surface area contributed by atoms with Gasteiger partial charge in [0, 0.05) is 37.1 Å². The molecule has 1 atom stereocenters. The quantitative estimate of drug-likeness (QED) is 0.116. The van der Waals surface area contributed by atoms with Crippen LogP contribution in [0.25, 0.3) is 44.7 Å². The Kier molecular flexibility index (Phi) is 9.91. The number of carboxylic acids is 1. The maximum atomic E-state index is 11.4. The first-order chi connectivity index (χ1) is 25.1. The van der Waals surface area contributed by atoms with E-state index in [-0.39, 0.29) is 5.92 Å². The third-order valence-corrected chi connectivity index (χ3v) is 9.49. The molecule has 0 spiro atoms. The van der Waals surface area contributed by atoms with Crippen molar-refractivity contribution < 1.29 is 19.4 Å². The molecule has 3 aromatic carbocycles. The molecular formula is C40H40N8O4. The van der Waals surface area contributed by atoms with Gasteiger partial charge >= 0.3 is 5.97 Å². The number of aliphatic hydroxyl groups is 1. The minimum absolute atomic E-state index is 0.296. The number of aliphatic carboxylic acids is 1. The summed E-state index contributed by atoms with van der Waals surface area (Å²) in [5.74, 6) is 0.634. The molecule has 0 radical (unpaired) electrons. The van der Waals surface area contributed by atoms with Gasteiger partial charge < -0.3 is 25.3 Å². The van der Waals surface area contributed by atoms with Gasteiger partial charge in [-0.1, -0.05) is 24.3 Å². The topological polar surface area (TPSA) is 173 Å². The lowest BCUT2D eigenvalue weighted by atomic mass is 9.96. The van der Waals surface area contributed by atoms with Crippen LogP contribution in [0.4, 0.5) is 11.5 Å². The smallest absolute Gasteiger partial charge is 0.306 e. The van der Waals surface area contributed by atoms with E-state index in [2.05, 4.69) is 39.6 Å². The Morgan fingerprint density at radius 3 is 2.56 bits per heavy atom. The van der Waals surface area contributed by atoms with Gasteiger partial charge in [-0.15, -0.1) is 0 Å². The second-order valence-electron chi connectivity index (χ2n) is 13.5. The summed E-state index contributed by atoms with van der Waals surface area (Å²) in [7, 11) is 0. The lowest BCUT2D eigenvalue weighted by molar-refractivity contribution is -0.143. The van der Waals surface area contributed by atoms with Crippen molar-refractivity contribution in [3.05, 3.63) is 94.9 Å². The molecular weight excluding hydrogens is 656 g/mol. The predicted molar refractivity (Wildman–Crippen MR) is 199 cm³/mol. The number of anilines is 2. The maximum absolute atomic E-state index is 11.4. The Labute approximate surface area is 301 Å². The molecule has 0 amide bonds. The summed E-state index contributed by atoms with van der Waals surface area (Å²) in [6.07, 6.45) is 2.60. The molecule has 0 aliphatic carbocycles. The van der Waals surface area contributed by atoms with Gasteiger partial charge in [-0.05, 0) is 111 Å². The van der Waals surface area contributed by atoms with Crippen LogP contribution in [-0.4, -0.2) is 66.8 Å². The van der Waals surface area contributed by atoms with Crippen molar-refractivity contribution in [3.8, 4) is 28.7 Å². The number of aromatic nitrogens is 4. The first kappa shape index (κ1) is 34.7. The van der Waals surface area contributed by atoms with Crippen LogP contribution in [-0.2, 0) is 17.9 Å². The number of aliphatic hydroxyl groups excluding tert-OH is 1. The number of nitriles is 1. The van der Waals surface area contributed by atoms with E-state index < -0.39 is 12.1 Å². The monoisotopic (exact) mass is 696 g/mol. The van der Waals surface area contributed by atoms with Crippen molar-refractivity contribution in [1.82, 2.24) is 30.2 Å². The molecule has 1 fully saturated rings. The molecule has 264 valence electrons. The molecule has 4 N–H and O–H groups in total. The number of rotatable bonds is 11. The number of piperidine rings is 1. The molecule has 3 aromatic heterocycles. The molecule has 4 heterocycles. The van der Waals surface area contributed by atoms with E-state index in [0.29, 0.717) is 85.3 Å². The summed E-state index contributed by atoms with van der Waals surface area (Å²) in [5, 5.41) is 35.6. The van der Waals surface area contributed by atoms with Gasteiger partial charge in [-0.25, -0.2) is 15.0 Å². The number of benzene rings is 3. The van der Waals surface area contributed by atoms with Gasteiger partial charge in [0.2, 0.25) is 5.89 Å². The van der Waals surface area contributed by atoms with Gasteiger partial charge in [-0.3, -0.25) is 14.7 Å². The summed E-state index contributed by atoms with van der Waals surface area (Å²) in [6.45, 7) is 8.72. The van der Waals surface area contributed by atoms with E-state index in [1.54, 1.807) is 13.1 Å². The van der Waals surface area contributed by atoms with E-state index in [9.17, 15) is 20.3 Å². The SMILES string of the molecule is Cc1nc(Nc2cccc(-c3cccc(-c4nc5cc(CN6CCC(C(=O)O)CC6)cc(C#N)c5o4)c3)c2C)c2ncc(CNCC(C)O)cc2n1. The van der Waals surface area contributed by atoms with E-state index in [1.165, 1.54) is 0 Å². The first-order valence-electron chi connectivity index (χ1n) is 17.4. The highest BCUT2D eigenvalue weighted by Crippen LogP contribution is 2.35. The van der Waals surface area contributed by atoms with Crippen LogP contribution in [0.2, 0.25) is 0 Å². The second kappa shape index (κ2) is 14.9. The Morgan fingerprint density at radius 1 is 1.02 bits per heavy atom. The molecule has 52 heavy (non-hydrogen) atoms. The maximum Gasteiger partial charge on any atom is 0.306 e. The van der Waals surface area contributed by atoms with Gasteiger partial charge in [0.05, 0.1) is 23.1 Å². The van der Waals surface area contributed by atoms with Crippen molar-refractivity contribution in [3.63, 3.8) is 0 Å². The van der Waals surface area contributed by atoms with Gasteiger partial charge in [0.1, 0.15) is 22.9 Å². The molecule has 1 aliphatic rings. The summed E-state index contributed by atoms with van der Waals surface area (Å²) in [4.78, 5) is 32.4. The molecule has 1 saturated heterocycles. The van der Waals surface area contributed by atoms with E-state index in [0.717, 1.165) is 44.6 Å². The van der Waals surface area contributed by atoms with Gasteiger partial charge in [-0.2, -0.15) is 5.26 Å². The Hall–Kier alpha value is -5.74. The van der Waals surface area contributed by atoms with Gasteiger partial charge in [0.25, 0.3) is 0 Å². The third-order valence-electron chi connectivity index (χ3n) is 9.49. The molecule has 7 rings (SSSR count). The highest BCUT2D eigenvalue weighted by molar-refractivity contribution is 5.89. The second-order valence-corrected chi connectivity index (χ2v) is 13.5. The number of fused-ring (bicyclic) bond motifs is 2. The van der Waals surface area contributed by atoms with Crippen LogP contribution < -0.4 is 10.6 Å². The van der Waals surface area contributed by atoms with Crippen LogP contribution in [0.1, 0.15) is 47.8 Å². The zero-order chi connectivity index (χ0) is 36.4. The molecule has 12 heteroatoms.